The van der Waals surface area contributed by atoms with Crippen LogP contribution in [0.2, 0.25) is 0 Å². The zero-order valence-corrected chi connectivity index (χ0v) is 10.3. The second kappa shape index (κ2) is 6.29. The third-order valence-electron chi connectivity index (χ3n) is 3.05. The quantitative estimate of drug-likeness (QED) is 0.630. The third-order valence-corrected chi connectivity index (χ3v) is 3.05. The van der Waals surface area contributed by atoms with Gasteiger partial charge in [-0.05, 0) is 40.0 Å². The number of allylic oxidation sites excluding steroid dienone is 2. The summed E-state index contributed by atoms with van der Waals surface area (Å²) in [5, 5.41) is 0. The summed E-state index contributed by atoms with van der Waals surface area (Å²) >= 11 is 0. The zero-order valence-electron chi connectivity index (χ0n) is 10.3. The Bertz CT molecular complexity index is 201. The number of rotatable bonds is 6. The predicted octanol–water partition coefficient (Wildman–Crippen LogP) is 3.18. The fourth-order valence-corrected chi connectivity index (χ4v) is 2.30. The lowest BCUT2D eigenvalue weighted by molar-refractivity contribution is -0.0234. The molecule has 0 unspecified atom stereocenters. The van der Waals surface area contributed by atoms with Crippen molar-refractivity contribution in [3.63, 3.8) is 0 Å². The molecule has 0 amide bonds. The van der Waals surface area contributed by atoms with Crippen LogP contribution in [0.25, 0.3) is 0 Å². The maximum absolute atomic E-state index is 5.61. The van der Waals surface area contributed by atoms with E-state index in [0.717, 1.165) is 32.8 Å². The van der Waals surface area contributed by atoms with Gasteiger partial charge >= 0.3 is 0 Å². The summed E-state index contributed by atoms with van der Waals surface area (Å²) in [5.74, 6) is 0. The molecule has 0 spiro atoms. The van der Waals surface area contributed by atoms with Gasteiger partial charge in [-0.25, -0.2) is 0 Å². The molecule has 15 heavy (non-hydrogen) atoms. The van der Waals surface area contributed by atoms with Crippen LogP contribution in [0, 0.1) is 5.41 Å². The van der Waals surface area contributed by atoms with Crippen molar-refractivity contribution in [2.45, 2.75) is 40.0 Å². The highest BCUT2D eigenvalue weighted by Crippen LogP contribution is 2.36. The van der Waals surface area contributed by atoms with Crippen LogP contribution < -0.4 is 0 Å². The lowest BCUT2D eigenvalue weighted by atomic mass is 9.75. The Morgan fingerprint density at radius 1 is 1.20 bits per heavy atom. The molecule has 0 saturated heterocycles. The van der Waals surface area contributed by atoms with Crippen LogP contribution >= 0.6 is 0 Å². The van der Waals surface area contributed by atoms with E-state index in [0.29, 0.717) is 0 Å². The summed E-state index contributed by atoms with van der Waals surface area (Å²) in [6.45, 7) is 9.61. The molecule has 0 N–H and O–H groups in total. The molecule has 1 aliphatic carbocycles. The molecule has 0 radical (unpaired) electrons. The first-order chi connectivity index (χ1) is 7.22. The van der Waals surface area contributed by atoms with E-state index in [-0.39, 0.29) is 5.41 Å². The van der Waals surface area contributed by atoms with E-state index in [1.54, 1.807) is 0 Å². The minimum absolute atomic E-state index is 0.241. The normalized spacial score (nSPS) is 20.1. The Morgan fingerprint density at radius 2 is 1.80 bits per heavy atom. The van der Waals surface area contributed by atoms with E-state index >= 15 is 0 Å². The molecule has 0 aromatic heterocycles. The molecule has 0 aromatic rings. The van der Waals surface area contributed by atoms with Crippen molar-refractivity contribution >= 4 is 0 Å². The van der Waals surface area contributed by atoms with Gasteiger partial charge in [-0.15, -0.1) is 0 Å². The van der Waals surface area contributed by atoms with Crippen molar-refractivity contribution in [2.24, 2.45) is 5.41 Å². The van der Waals surface area contributed by atoms with Crippen LogP contribution in [-0.4, -0.2) is 26.4 Å². The Balaban J connectivity index is 2.55. The molecule has 0 heterocycles. The molecule has 0 atom stereocenters. The zero-order chi connectivity index (χ0) is 11.1. The van der Waals surface area contributed by atoms with Gasteiger partial charge in [0.2, 0.25) is 0 Å². The summed E-state index contributed by atoms with van der Waals surface area (Å²) in [6, 6.07) is 0. The largest absolute Gasteiger partial charge is 0.381 e. The van der Waals surface area contributed by atoms with E-state index in [1.807, 2.05) is 0 Å². The highest BCUT2D eigenvalue weighted by molar-refractivity contribution is 5.08. The van der Waals surface area contributed by atoms with Gasteiger partial charge in [0.15, 0.2) is 0 Å². The monoisotopic (exact) mass is 212 g/mol. The van der Waals surface area contributed by atoms with Gasteiger partial charge in [-0.1, -0.05) is 11.6 Å². The molecule has 88 valence electrons. The molecule has 2 nitrogen and oxygen atoms in total. The van der Waals surface area contributed by atoms with E-state index in [1.165, 1.54) is 18.4 Å². The molecule has 0 bridgehead atoms. The summed E-state index contributed by atoms with van der Waals surface area (Å²) < 4.78 is 11.2. The molecular weight excluding hydrogens is 188 g/mol. The first kappa shape index (κ1) is 12.7. The van der Waals surface area contributed by atoms with Gasteiger partial charge < -0.3 is 9.47 Å². The standard InChI is InChI=1S/C13H24O2/c1-4-14-10-13(11-15-5-2)8-6-7-12(3)9-13/h7H,4-6,8-11H2,1-3H3. The van der Waals surface area contributed by atoms with Crippen molar-refractivity contribution in [1.29, 1.82) is 0 Å². The van der Waals surface area contributed by atoms with Gasteiger partial charge in [0.25, 0.3) is 0 Å². The van der Waals surface area contributed by atoms with Crippen molar-refractivity contribution in [2.75, 3.05) is 26.4 Å². The Hall–Kier alpha value is -0.340. The fraction of sp³-hybridized carbons (Fsp3) is 0.846. The minimum atomic E-state index is 0.241. The van der Waals surface area contributed by atoms with E-state index < -0.39 is 0 Å². The summed E-state index contributed by atoms with van der Waals surface area (Å²) in [6.07, 6.45) is 5.85. The number of hydrogen-bond donors (Lipinski definition) is 0. The molecule has 0 saturated carbocycles. The number of ether oxygens (including phenoxy) is 2. The second-order valence-corrected chi connectivity index (χ2v) is 4.54. The smallest absolute Gasteiger partial charge is 0.0547 e. The maximum atomic E-state index is 5.61. The molecule has 1 aliphatic rings. The predicted molar refractivity (Wildman–Crippen MR) is 63.0 cm³/mol. The third kappa shape index (κ3) is 3.96. The highest BCUT2D eigenvalue weighted by Gasteiger charge is 2.32. The Labute approximate surface area is 93.7 Å². The van der Waals surface area contributed by atoms with E-state index in [2.05, 4.69) is 26.8 Å². The fourth-order valence-electron chi connectivity index (χ4n) is 2.30. The summed E-state index contributed by atoms with van der Waals surface area (Å²) in [5.41, 5.74) is 1.73. The van der Waals surface area contributed by atoms with Gasteiger partial charge in [0, 0.05) is 18.6 Å². The van der Waals surface area contributed by atoms with Crippen LogP contribution in [0.4, 0.5) is 0 Å². The molecule has 0 fully saturated rings. The lowest BCUT2D eigenvalue weighted by Crippen LogP contribution is -2.34. The van der Waals surface area contributed by atoms with E-state index in [9.17, 15) is 0 Å². The molecule has 0 aromatic carbocycles. The van der Waals surface area contributed by atoms with Crippen molar-refractivity contribution in [3.8, 4) is 0 Å². The molecule has 2 heteroatoms. The van der Waals surface area contributed by atoms with Crippen molar-refractivity contribution < 1.29 is 9.47 Å². The lowest BCUT2D eigenvalue weighted by Gasteiger charge is -2.36. The first-order valence-electron chi connectivity index (χ1n) is 6.03. The molecule has 1 rings (SSSR count). The minimum Gasteiger partial charge on any atom is -0.381 e. The van der Waals surface area contributed by atoms with Gasteiger partial charge in [-0.3, -0.25) is 0 Å². The average molecular weight is 212 g/mol. The van der Waals surface area contributed by atoms with Crippen LogP contribution in [0.1, 0.15) is 40.0 Å². The van der Waals surface area contributed by atoms with Crippen molar-refractivity contribution in [3.05, 3.63) is 11.6 Å². The Kier molecular flexibility index (Phi) is 5.34. The Morgan fingerprint density at radius 3 is 2.27 bits per heavy atom. The second-order valence-electron chi connectivity index (χ2n) is 4.54. The van der Waals surface area contributed by atoms with Crippen LogP contribution in [0.3, 0.4) is 0 Å². The van der Waals surface area contributed by atoms with Gasteiger partial charge in [-0.2, -0.15) is 0 Å². The van der Waals surface area contributed by atoms with Crippen LogP contribution in [-0.2, 0) is 9.47 Å². The van der Waals surface area contributed by atoms with Gasteiger partial charge in [0.05, 0.1) is 13.2 Å². The average Bonchev–Trinajstić information content (AvgIpc) is 2.24. The summed E-state index contributed by atoms with van der Waals surface area (Å²) in [4.78, 5) is 0. The van der Waals surface area contributed by atoms with Crippen LogP contribution in [0.5, 0.6) is 0 Å². The maximum Gasteiger partial charge on any atom is 0.0547 e. The van der Waals surface area contributed by atoms with Crippen LogP contribution in [0.15, 0.2) is 11.6 Å². The summed E-state index contributed by atoms with van der Waals surface area (Å²) in [7, 11) is 0. The molecular formula is C13H24O2. The first-order valence-corrected chi connectivity index (χ1v) is 6.03. The number of hydrogen-bond acceptors (Lipinski definition) is 2. The molecule has 0 aliphatic heterocycles. The SMILES string of the molecule is CCOCC1(COCC)CCC=C(C)C1. The topological polar surface area (TPSA) is 18.5 Å². The van der Waals surface area contributed by atoms with E-state index in [4.69, 9.17) is 9.47 Å². The van der Waals surface area contributed by atoms with Gasteiger partial charge in [0.1, 0.15) is 0 Å². The highest BCUT2D eigenvalue weighted by atomic mass is 16.5. The van der Waals surface area contributed by atoms with Crippen molar-refractivity contribution in [1.82, 2.24) is 0 Å².